The Bertz CT molecular complexity index is 910. The summed E-state index contributed by atoms with van der Waals surface area (Å²) >= 11 is 0. The van der Waals surface area contributed by atoms with Gasteiger partial charge in [0.05, 0.1) is 0 Å². The van der Waals surface area contributed by atoms with Gasteiger partial charge in [-0.2, -0.15) is 0 Å². The SMILES string of the molecule is c1ccc([Si]c2cccc3c2ccc2ccccc23)cc1. The Hall–Kier alpha value is -2.38. The van der Waals surface area contributed by atoms with Gasteiger partial charge < -0.3 is 0 Å². The molecule has 1 heteroatoms. The summed E-state index contributed by atoms with van der Waals surface area (Å²) in [4.78, 5) is 0. The molecular weight excluding hydrogens is 268 g/mol. The van der Waals surface area contributed by atoms with Crippen molar-refractivity contribution in [2.45, 2.75) is 0 Å². The molecular formula is C20H14Si. The van der Waals surface area contributed by atoms with E-state index in [1.807, 2.05) is 0 Å². The van der Waals surface area contributed by atoms with Gasteiger partial charge in [0.15, 0.2) is 0 Å². The first-order valence-electron chi connectivity index (χ1n) is 7.14. The van der Waals surface area contributed by atoms with Crippen LogP contribution in [0, 0.1) is 0 Å². The van der Waals surface area contributed by atoms with Crippen LogP contribution in [0.5, 0.6) is 0 Å². The lowest BCUT2D eigenvalue weighted by Crippen LogP contribution is -2.27. The van der Waals surface area contributed by atoms with Crippen molar-refractivity contribution in [3.8, 4) is 0 Å². The fourth-order valence-electron chi connectivity index (χ4n) is 2.83. The van der Waals surface area contributed by atoms with E-state index >= 15 is 0 Å². The van der Waals surface area contributed by atoms with Crippen LogP contribution in [0.2, 0.25) is 0 Å². The molecule has 21 heavy (non-hydrogen) atoms. The molecule has 0 aliphatic rings. The fourth-order valence-corrected chi connectivity index (χ4v) is 4.03. The van der Waals surface area contributed by atoms with Crippen LogP contribution in [0.15, 0.2) is 84.9 Å². The molecule has 4 rings (SSSR count). The molecule has 0 bridgehead atoms. The van der Waals surface area contributed by atoms with E-state index < -0.39 is 0 Å². The molecule has 0 spiro atoms. The molecule has 0 unspecified atom stereocenters. The number of hydrogen-bond acceptors (Lipinski definition) is 0. The van der Waals surface area contributed by atoms with Crippen LogP contribution in [-0.4, -0.2) is 9.52 Å². The lowest BCUT2D eigenvalue weighted by Gasteiger charge is -2.09. The normalized spacial score (nSPS) is 11.0. The van der Waals surface area contributed by atoms with Gasteiger partial charge in [0.2, 0.25) is 0 Å². The molecule has 0 amide bonds. The van der Waals surface area contributed by atoms with E-state index in [1.54, 1.807) is 0 Å². The molecule has 2 radical (unpaired) electrons. The molecule has 0 atom stereocenters. The summed E-state index contributed by atoms with van der Waals surface area (Å²) in [6, 6.07) is 30.5. The maximum atomic E-state index is 2.27. The second-order valence-electron chi connectivity index (χ2n) is 5.18. The van der Waals surface area contributed by atoms with Gasteiger partial charge in [-0.3, -0.25) is 0 Å². The smallest absolute Gasteiger partial charge is 0.0631 e. The summed E-state index contributed by atoms with van der Waals surface area (Å²) in [7, 11) is 0.702. The topological polar surface area (TPSA) is 0 Å². The van der Waals surface area contributed by atoms with Crippen LogP contribution in [0.4, 0.5) is 0 Å². The molecule has 0 saturated heterocycles. The van der Waals surface area contributed by atoms with E-state index in [0.717, 1.165) is 0 Å². The van der Waals surface area contributed by atoms with Crippen molar-refractivity contribution in [1.82, 2.24) is 0 Å². The van der Waals surface area contributed by atoms with Crippen LogP contribution in [0.1, 0.15) is 0 Å². The van der Waals surface area contributed by atoms with Crippen molar-refractivity contribution in [3.05, 3.63) is 84.9 Å². The first kappa shape index (κ1) is 12.4. The zero-order chi connectivity index (χ0) is 14.1. The molecule has 0 aliphatic carbocycles. The molecule has 98 valence electrons. The highest BCUT2D eigenvalue weighted by atomic mass is 28.2. The Balaban J connectivity index is 1.92. The molecule has 4 aromatic rings. The quantitative estimate of drug-likeness (QED) is 0.389. The van der Waals surface area contributed by atoms with Gasteiger partial charge in [0, 0.05) is 0 Å². The zero-order valence-corrected chi connectivity index (χ0v) is 12.6. The van der Waals surface area contributed by atoms with Gasteiger partial charge in [0.25, 0.3) is 0 Å². The van der Waals surface area contributed by atoms with Gasteiger partial charge in [-0.25, -0.2) is 0 Å². The van der Waals surface area contributed by atoms with Crippen molar-refractivity contribution in [3.63, 3.8) is 0 Å². The van der Waals surface area contributed by atoms with Gasteiger partial charge in [-0.15, -0.1) is 0 Å². The van der Waals surface area contributed by atoms with Crippen molar-refractivity contribution in [2.75, 3.05) is 0 Å². The van der Waals surface area contributed by atoms with Crippen molar-refractivity contribution in [1.29, 1.82) is 0 Å². The average molecular weight is 282 g/mol. The van der Waals surface area contributed by atoms with E-state index in [1.165, 1.54) is 31.9 Å². The highest BCUT2D eigenvalue weighted by Gasteiger charge is 2.05. The monoisotopic (exact) mass is 282 g/mol. The molecule has 0 aromatic heterocycles. The van der Waals surface area contributed by atoms with Crippen molar-refractivity contribution in [2.24, 2.45) is 0 Å². The van der Waals surface area contributed by atoms with Crippen molar-refractivity contribution >= 4 is 41.4 Å². The molecule has 0 nitrogen and oxygen atoms in total. The van der Waals surface area contributed by atoms with Gasteiger partial charge in [-0.05, 0) is 21.5 Å². The minimum Gasteiger partial charge on any atom is -0.0631 e. The van der Waals surface area contributed by atoms with Gasteiger partial charge in [-0.1, -0.05) is 95.3 Å². The Morgan fingerprint density at radius 3 is 2.14 bits per heavy atom. The molecule has 0 N–H and O–H groups in total. The van der Waals surface area contributed by atoms with Crippen LogP contribution < -0.4 is 10.4 Å². The van der Waals surface area contributed by atoms with Gasteiger partial charge >= 0.3 is 0 Å². The standard InChI is InChI=1S/C20H14Si/c1-2-8-16(9-3-1)21-20-12-6-11-18-17-10-5-4-7-15(17)13-14-19(18)20/h1-14H. The second kappa shape index (κ2) is 5.19. The van der Waals surface area contributed by atoms with E-state index in [2.05, 4.69) is 84.9 Å². The summed E-state index contributed by atoms with van der Waals surface area (Å²) in [5.74, 6) is 0. The van der Waals surface area contributed by atoms with Gasteiger partial charge in [0.1, 0.15) is 9.52 Å². The summed E-state index contributed by atoms with van der Waals surface area (Å²) < 4.78 is 0. The number of fused-ring (bicyclic) bond motifs is 3. The largest absolute Gasteiger partial charge is 0.122 e. The molecule has 0 saturated carbocycles. The third-order valence-corrected chi connectivity index (χ3v) is 5.17. The van der Waals surface area contributed by atoms with E-state index in [9.17, 15) is 0 Å². The highest BCUT2D eigenvalue weighted by molar-refractivity contribution is 6.70. The average Bonchev–Trinajstić information content (AvgIpc) is 2.56. The Morgan fingerprint density at radius 1 is 0.476 bits per heavy atom. The lowest BCUT2D eigenvalue weighted by molar-refractivity contribution is 1.76. The number of benzene rings is 4. The lowest BCUT2D eigenvalue weighted by atomic mass is 10.0. The number of rotatable bonds is 2. The Labute approximate surface area is 126 Å². The molecule has 0 fully saturated rings. The van der Waals surface area contributed by atoms with E-state index in [-0.39, 0.29) is 0 Å². The molecule has 0 heterocycles. The summed E-state index contributed by atoms with van der Waals surface area (Å²) in [5, 5.41) is 8.19. The first-order valence-corrected chi connectivity index (χ1v) is 8.14. The van der Waals surface area contributed by atoms with Crippen LogP contribution >= 0.6 is 0 Å². The molecule has 4 aromatic carbocycles. The first-order chi connectivity index (χ1) is 10.4. The third-order valence-electron chi connectivity index (χ3n) is 3.84. The highest BCUT2D eigenvalue weighted by Crippen LogP contribution is 2.23. The van der Waals surface area contributed by atoms with Crippen LogP contribution in [0.25, 0.3) is 21.5 Å². The summed E-state index contributed by atoms with van der Waals surface area (Å²) in [6.07, 6.45) is 0. The Morgan fingerprint density at radius 2 is 1.24 bits per heavy atom. The van der Waals surface area contributed by atoms with Crippen LogP contribution in [-0.2, 0) is 0 Å². The summed E-state index contributed by atoms with van der Waals surface area (Å²) in [5.41, 5.74) is 0. The van der Waals surface area contributed by atoms with Crippen molar-refractivity contribution < 1.29 is 0 Å². The predicted octanol–water partition coefficient (Wildman–Crippen LogP) is 3.65. The zero-order valence-electron chi connectivity index (χ0n) is 11.6. The van der Waals surface area contributed by atoms with Crippen LogP contribution in [0.3, 0.4) is 0 Å². The fraction of sp³-hybridized carbons (Fsp3) is 0. The predicted molar refractivity (Wildman–Crippen MR) is 92.9 cm³/mol. The second-order valence-corrected chi connectivity index (χ2v) is 6.54. The van der Waals surface area contributed by atoms with E-state index in [4.69, 9.17) is 0 Å². The third kappa shape index (κ3) is 2.26. The molecule has 0 aliphatic heterocycles. The Kier molecular flexibility index (Phi) is 3.06. The summed E-state index contributed by atoms with van der Waals surface area (Å²) in [6.45, 7) is 0. The maximum absolute atomic E-state index is 2.27. The maximum Gasteiger partial charge on any atom is 0.122 e. The minimum atomic E-state index is 0.702. The van der Waals surface area contributed by atoms with E-state index in [0.29, 0.717) is 9.52 Å². The minimum absolute atomic E-state index is 0.702. The number of hydrogen-bond donors (Lipinski definition) is 0.